The van der Waals surface area contributed by atoms with Crippen molar-refractivity contribution in [2.45, 2.75) is 13.8 Å². The van der Waals surface area contributed by atoms with Crippen LogP contribution >= 0.6 is 15.9 Å². The van der Waals surface area contributed by atoms with Crippen molar-refractivity contribution in [2.75, 3.05) is 0 Å². The molecule has 0 aromatic carbocycles. The summed E-state index contributed by atoms with van der Waals surface area (Å²) < 4.78 is 2.74. The molecule has 0 saturated heterocycles. The van der Waals surface area contributed by atoms with Crippen LogP contribution in [0.1, 0.15) is 23.1 Å². The summed E-state index contributed by atoms with van der Waals surface area (Å²) in [7, 11) is 0. The second-order valence-electron chi connectivity index (χ2n) is 3.18. The van der Waals surface area contributed by atoms with E-state index in [1.165, 1.54) is 0 Å². The first-order valence-electron chi connectivity index (χ1n) is 4.25. The van der Waals surface area contributed by atoms with E-state index in [4.69, 9.17) is 0 Å². The number of halogens is 1. The SMILES string of the molecule is CC(=O)c1c(C)nc2ccc(Br)cn12. The molecule has 0 amide bonds. The topological polar surface area (TPSA) is 34.4 Å². The minimum atomic E-state index is 0.0353. The fourth-order valence-electron chi connectivity index (χ4n) is 1.56. The van der Waals surface area contributed by atoms with Gasteiger partial charge in [0.25, 0.3) is 0 Å². The van der Waals surface area contributed by atoms with Crippen LogP contribution in [0.25, 0.3) is 5.65 Å². The van der Waals surface area contributed by atoms with E-state index in [1.807, 2.05) is 29.7 Å². The third-order valence-corrected chi connectivity index (χ3v) is 2.56. The molecule has 0 radical (unpaired) electrons. The molecule has 4 heteroatoms. The number of aromatic nitrogens is 2. The van der Waals surface area contributed by atoms with Crippen molar-refractivity contribution >= 4 is 27.4 Å². The molecule has 0 aliphatic carbocycles. The lowest BCUT2D eigenvalue weighted by Crippen LogP contribution is -2.00. The molecule has 2 rings (SSSR count). The molecule has 14 heavy (non-hydrogen) atoms. The van der Waals surface area contributed by atoms with Crippen molar-refractivity contribution < 1.29 is 4.79 Å². The predicted molar refractivity (Wildman–Crippen MR) is 57.6 cm³/mol. The summed E-state index contributed by atoms with van der Waals surface area (Å²) in [5, 5.41) is 0. The van der Waals surface area contributed by atoms with Gasteiger partial charge >= 0.3 is 0 Å². The highest BCUT2D eigenvalue weighted by Gasteiger charge is 2.12. The van der Waals surface area contributed by atoms with Gasteiger partial charge in [0.1, 0.15) is 11.3 Å². The quantitative estimate of drug-likeness (QED) is 0.732. The van der Waals surface area contributed by atoms with Crippen LogP contribution in [0.15, 0.2) is 22.8 Å². The van der Waals surface area contributed by atoms with Gasteiger partial charge in [-0.3, -0.25) is 9.20 Å². The van der Waals surface area contributed by atoms with Gasteiger partial charge < -0.3 is 0 Å². The van der Waals surface area contributed by atoms with E-state index in [-0.39, 0.29) is 5.78 Å². The Bertz CT molecular complexity index is 516. The van der Waals surface area contributed by atoms with Gasteiger partial charge in [-0.15, -0.1) is 0 Å². The standard InChI is InChI=1S/C10H9BrN2O/c1-6-10(7(2)14)13-5-8(11)3-4-9(13)12-6/h3-5H,1-2H3. The van der Waals surface area contributed by atoms with Crippen molar-refractivity contribution in [1.29, 1.82) is 0 Å². The predicted octanol–water partition coefficient (Wildman–Crippen LogP) is 2.61. The summed E-state index contributed by atoms with van der Waals surface area (Å²) in [6, 6.07) is 3.79. The number of Topliss-reactive ketones (excluding diaryl/α,β-unsaturated/α-hetero) is 1. The third kappa shape index (κ3) is 1.35. The lowest BCUT2D eigenvalue weighted by molar-refractivity contribution is 0.101. The number of ketones is 1. The Morgan fingerprint density at radius 2 is 2.21 bits per heavy atom. The summed E-state index contributed by atoms with van der Waals surface area (Å²) in [5.41, 5.74) is 2.23. The first-order chi connectivity index (χ1) is 6.59. The number of fused-ring (bicyclic) bond motifs is 1. The van der Waals surface area contributed by atoms with Crippen molar-refractivity contribution in [2.24, 2.45) is 0 Å². The molecule has 2 aromatic heterocycles. The van der Waals surface area contributed by atoms with Gasteiger partial charge in [-0.1, -0.05) is 0 Å². The number of carbonyl (C=O) groups is 1. The van der Waals surface area contributed by atoms with Crippen molar-refractivity contribution in [3.8, 4) is 0 Å². The van der Waals surface area contributed by atoms with Gasteiger partial charge in [0.05, 0.1) is 5.69 Å². The van der Waals surface area contributed by atoms with Gasteiger partial charge in [0, 0.05) is 17.6 Å². The minimum absolute atomic E-state index is 0.0353. The summed E-state index contributed by atoms with van der Waals surface area (Å²) in [6.45, 7) is 3.40. The summed E-state index contributed by atoms with van der Waals surface area (Å²) in [4.78, 5) is 15.7. The molecule has 0 saturated carbocycles. The zero-order chi connectivity index (χ0) is 10.3. The van der Waals surface area contributed by atoms with Gasteiger partial charge in [-0.05, 0) is 35.0 Å². The van der Waals surface area contributed by atoms with Gasteiger partial charge in [-0.25, -0.2) is 4.98 Å². The highest BCUT2D eigenvalue weighted by atomic mass is 79.9. The molecule has 0 N–H and O–H groups in total. The molecule has 0 bridgehead atoms. The van der Waals surface area contributed by atoms with Gasteiger partial charge in [-0.2, -0.15) is 0 Å². The smallest absolute Gasteiger partial charge is 0.178 e. The van der Waals surface area contributed by atoms with E-state index in [2.05, 4.69) is 20.9 Å². The Balaban J connectivity index is 2.86. The summed E-state index contributed by atoms with van der Waals surface area (Å²) in [6.07, 6.45) is 1.85. The van der Waals surface area contributed by atoms with E-state index in [0.29, 0.717) is 5.69 Å². The first-order valence-corrected chi connectivity index (χ1v) is 5.04. The Morgan fingerprint density at radius 1 is 1.50 bits per heavy atom. The van der Waals surface area contributed by atoms with Crippen LogP contribution in [0.4, 0.5) is 0 Å². The molecule has 0 fully saturated rings. The van der Waals surface area contributed by atoms with E-state index in [9.17, 15) is 4.79 Å². The molecular weight excluding hydrogens is 244 g/mol. The second kappa shape index (κ2) is 3.20. The maximum atomic E-state index is 11.4. The maximum Gasteiger partial charge on any atom is 0.178 e. The lowest BCUT2D eigenvalue weighted by Gasteiger charge is -1.98. The van der Waals surface area contributed by atoms with Crippen LogP contribution in [0.3, 0.4) is 0 Å². The largest absolute Gasteiger partial charge is 0.296 e. The highest BCUT2D eigenvalue weighted by Crippen LogP contribution is 2.16. The van der Waals surface area contributed by atoms with Crippen LogP contribution in [-0.2, 0) is 0 Å². The number of pyridine rings is 1. The van der Waals surface area contributed by atoms with E-state index >= 15 is 0 Å². The molecule has 0 spiro atoms. The van der Waals surface area contributed by atoms with E-state index in [0.717, 1.165) is 15.8 Å². The second-order valence-corrected chi connectivity index (χ2v) is 4.09. The minimum Gasteiger partial charge on any atom is -0.296 e. The fraction of sp³-hybridized carbons (Fsp3) is 0.200. The zero-order valence-electron chi connectivity index (χ0n) is 7.91. The van der Waals surface area contributed by atoms with Crippen molar-refractivity contribution in [3.63, 3.8) is 0 Å². The van der Waals surface area contributed by atoms with Crippen LogP contribution in [0.2, 0.25) is 0 Å². The average Bonchev–Trinajstić information content (AvgIpc) is 2.40. The third-order valence-electron chi connectivity index (χ3n) is 2.09. The molecule has 0 aliphatic heterocycles. The number of imidazole rings is 1. The number of hydrogen-bond acceptors (Lipinski definition) is 2. The zero-order valence-corrected chi connectivity index (χ0v) is 9.50. The summed E-state index contributed by atoms with van der Waals surface area (Å²) in [5.74, 6) is 0.0353. The Morgan fingerprint density at radius 3 is 2.86 bits per heavy atom. The van der Waals surface area contributed by atoms with E-state index in [1.54, 1.807) is 6.92 Å². The van der Waals surface area contributed by atoms with Gasteiger partial charge in [0.2, 0.25) is 0 Å². The van der Waals surface area contributed by atoms with Crippen LogP contribution in [0, 0.1) is 6.92 Å². The summed E-state index contributed by atoms with van der Waals surface area (Å²) >= 11 is 3.37. The van der Waals surface area contributed by atoms with Crippen molar-refractivity contribution in [1.82, 2.24) is 9.38 Å². The molecular formula is C10H9BrN2O. The Labute approximate surface area is 89.9 Å². The molecule has 72 valence electrons. The van der Waals surface area contributed by atoms with Crippen LogP contribution in [-0.4, -0.2) is 15.2 Å². The number of aryl methyl sites for hydroxylation is 1. The molecule has 0 atom stereocenters. The molecule has 2 heterocycles. The molecule has 0 unspecified atom stereocenters. The molecule has 2 aromatic rings. The maximum absolute atomic E-state index is 11.4. The Hall–Kier alpha value is -1.16. The monoisotopic (exact) mass is 252 g/mol. The van der Waals surface area contributed by atoms with Gasteiger partial charge in [0.15, 0.2) is 5.78 Å². The molecule has 0 aliphatic rings. The lowest BCUT2D eigenvalue weighted by atomic mass is 10.2. The number of carbonyl (C=O) groups excluding carboxylic acids is 1. The van der Waals surface area contributed by atoms with Crippen molar-refractivity contribution in [3.05, 3.63) is 34.2 Å². The number of nitrogens with zero attached hydrogens (tertiary/aromatic N) is 2. The molecule has 3 nitrogen and oxygen atoms in total. The average molecular weight is 253 g/mol. The normalized spacial score (nSPS) is 10.8. The van der Waals surface area contributed by atoms with Crippen LogP contribution in [0.5, 0.6) is 0 Å². The van der Waals surface area contributed by atoms with E-state index < -0.39 is 0 Å². The van der Waals surface area contributed by atoms with Crippen LogP contribution < -0.4 is 0 Å². The first kappa shape index (κ1) is 9.40. The number of hydrogen-bond donors (Lipinski definition) is 0. The fourth-order valence-corrected chi connectivity index (χ4v) is 1.90. The highest BCUT2D eigenvalue weighted by molar-refractivity contribution is 9.10. The Kier molecular flexibility index (Phi) is 2.15. The number of rotatable bonds is 1.